The van der Waals surface area contributed by atoms with Crippen molar-refractivity contribution in [3.63, 3.8) is 0 Å². The van der Waals surface area contributed by atoms with Gasteiger partial charge in [0.2, 0.25) is 17.7 Å². The molecule has 0 radical (unpaired) electrons. The molecule has 1 unspecified atom stereocenters. The number of carbonyl (C=O) groups is 3. The molecule has 8 heteroatoms. The molecular weight excluding hydrogens is 396 g/mol. The van der Waals surface area contributed by atoms with Crippen molar-refractivity contribution in [1.82, 2.24) is 0 Å². The molecule has 1 aromatic heterocycles. The number of carbonyl (C=O) groups excluding carboxylic acids is 3. The van der Waals surface area contributed by atoms with Crippen molar-refractivity contribution < 1.29 is 18.8 Å². The van der Waals surface area contributed by atoms with E-state index in [1.165, 1.54) is 19.8 Å². The fourth-order valence-electron chi connectivity index (χ4n) is 4.33. The lowest BCUT2D eigenvalue weighted by atomic mass is 10.1. The van der Waals surface area contributed by atoms with Gasteiger partial charge in [-0.2, -0.15) is 5.26 Å². The van der Waals surface area contributed by atoms with Gasteiger partial charge >= 0.3 is 0 Å². The number of Topliss-reactive ketones (excluding diaryl/α,β-unsaturated/α-hetero) is 1. The summed E-state index contributed by atoms with van der Waals surface area (Å²) in [5.41, 5.74) is 2.08. The summed E-state index contributed by atoms with van der Waals surface area (Å²) >= 11 is 0. The normalized spacial score (nSPS) is 18.4. The first-order valence-electron chi connectivity index (χ1n) is 10.4. The topological polar surface area (TPSA) is 107 Å². The Morgan fingerprint density at radius 3 is 2.42 bits per heavy atom. The van der Waals surface area contributed by atoms with Gasteiger partial charge in [0.25, 0.3) is 0 Å². The van der Waals surface area contributed by atoms with Crippen molar-refractivity contribution >= 4 is 34.9 Å². The van der Waals surface area contributed by atoms with Gasteiger partial charge in [-0.15, -0.1) is 0 Å². The number of aryl methyl sites for hydroxylation is 1. The number of nitrogens with one attached hydrogen (secondary N) is 1. The van der Waals surface area contributed by atoms with Crippen LogP contribution in [0.4, 0.5) is 17.3 Å². The van der Waals surface area contributed by atoms with Crippen molar-refractivity contribution in [2.24, 2.45) is 5.92 Å². The van der Waals surface area contributed by atoms with Gasteiger partial charge in [-0.05, 0) is 51.0 Å². The van der Waals surface area contributed by atoms with Crippen molar-refractivity contribution in [1.29, 1.82) is 5.26 Å². The molecule has 2 aliphatic rings. The third-order valence-corrected chi connectivity index (χ3v) is 5.91. The molecule has 3 heterocycles. The average Bonchev–Trinajstić information content (AvgIpc) is 3.47. The number of ketones is 1. The van der Waals surface area contributed by atoms with Crippen LogP contribution in [-0.4, -0.2) is 37.2 Å². The number of nitriles is 1. The third kappa shape index (κ3) is 3.91. The SMILES string of the molecule is CC(=O)c1c(C)oc(NC(=O)C2CC(=O)N(c3ccc(N4CCCC4)cc3)C2)c1C#N. The highest BCUT2D eigenvalue weighted by molar-refractivity contribution is 6.05. The van der Waals surface area contributed by atoms with E-state index in [4.69, 9.17) is 4.42 Å². The van der Waals surface area contributed by atoms with E-state index < -0.39 is 11.8 Å². The van der Waals surface area contributed by atoms with Gasteiger partial charge in [0, 0.05) is 37.4 Å². The van der Waals surface area contributed by atoms with Crippen LogP contribution in [0.1, 0.15) is 47.9 Å². The van der Waals surface area contributed by atoms with Gasteiger partial charge < -0.3 is 14.2 Å². The fraction of sp³-hybridized carbons (Fsp3) is 0.391. The number of hydrogen-bond acceptors (Lipinski definition) is 6. The van der Waals surface area contributed by atoms with Crippen LogP contribution in [-0.2, 0) is 9.59 Å². The van der Waals surface area contributed by atoms with Gasteiger partial charge in [-0.1, -0.05) is 0 Å². The summed E-state index contributed by atoms with van der Waals surface area (Å²) in [6.45, 7) is 5.25. The molecule has 2 aromatic rings. The van der Waals surface area contributed by atoms with Crippen LogP contribution < -0.4 is 15.1 Å². The van der Waals surface area contributed by atoms with Crippen LogP contribution in [0.15, 0.2) is 28.7 Å². The van der Waals surface area contributed by atoms with Crippen molar-refractivity contribution in [3.8, 4) is 6.07 Å². The first-order chi connectivity index (χ1) is 14.9. The van der Waals surface area contributed by atoms with Crippen LogP contribution >= 0.6 is 0 Å². The molecule has 2 aliphatic heterocycles. The van der Waals surface area contributed by atoms with Crippen LogP contribution in [0.3, 0.4) is 0 Å². The third-order valence-electron chi connectivity index (χ3n) is 5.91. The van der Waals surface area contributed by atoms with Gasteiger partial charge in [0.15, 0.2) is 5.78 Å². The molecule has 0 spiro atoms. The largest absolute Gasteiger partial charge is 0.443 e. The van der Waals surface area contributed by atoms with Crippen LogP contribution in [0.25, 0.3) is 0 Å². The number of anilines is 3. The molecule has 0 bridgehead atoms. The average molecular weight is 420 g/mol. The molecule has 2 fully saturated rings. The quantitative estimate of drug-likeness (QED) is 0.744. The number of amides is 2. The molecule has 2 saturated heterocycles. The van der Waals surface area contributed by atoms with E-state index in [1.54, 1.807) is 11.8 Å². The van der Waals surface area contributed by atoms with Gasteiger partial charge in [0.05, 0.1) is 11.5 Å². The monoisotopic (exact) mass is 420 g/mol. The molecule has 8 nitrogen and oxygen atoms in total. The summed E-state index contributed by atoms with van der Waals surface area (Å²) in [5.74, 6) is -1.20. The second-order valence-electron chi connectivity index (χ2n) is 8.01. The lowest BCUT2D eigenvalue weighted by Crippen LogP contribution is -2.28. The summed E-state index contributed by atoms with van der Waals surface area (Å²) in [5, 5.41) is 12.0. The van der Waals surface area contributed by atoms with E-state index in [2.05, 4.69) is 10.2 Å². The van der Waals surface area contributed by atoms with E-state index in [1.807, 2.05) is 30.3 Å². The molecule has 0 saturated carbocycles. The highest BCUT2D eigenvalue weighted by Crippen LogP contribution is 2.31. The Morgan fingerprint density at radius 1 is 1.16 bits per heavy atom. The van der Waals surface area contributed by atoms with E-state index >= 15 is 0 Å². The first kappa shape index (κ1) is 20.7. The lowest BCUT2D eigenvalue weighted by molar-refractivity contribution is -0.122. The van der Waals surface area contributed by atoms with E-state index in [0.29, 0.717) is 0 Å². The molecule has 31 heavy (non-hydrogen) atoms. The number of furan rings is 1. The summed E-state index contributed by atoms with van der Waals surface area (Å²) < 4.78 is 5.45. The zero-order valence-corrected chi connectivity index (χ0v) is 17.6. The number of rotatable bonds is 5. The van der Waals surface area contributed by atoms with Gasteiger partial charge in [-0.3, -0.25) is 19.7 Å². The molecule has 1 aromatic carbocycles. The summed E-state index contributed by atoms with van der Waals surface area (Å²) in [7, 11) is 0. The van der Waals surface area contributed by atoms with Crippen LogP contribution in [0.2, 0.25) is 0 Å². The first-order valence-corrected chi connectivity index (χ1v) is 10.4. The zero-order valence-electron chi connectivity index (χ0n) is 17.6. The summed E-state index contributed by atoms with van der Waals surface area (Å²) in [4.78, 5) is 41.0. The molecule has 1 N–H and O–H groups in total. The zero-order chi connectivity index (χ0) is 22.1. The Kier molecular flexibility index (Phi) is 5.51. The highest BCUT2D eigenvalue weighted by Gasteiger charge is 2.36. The Labute approximate surface area is 180 Å². The minimum atomic E-state index is -0.580. The van der Waals surface area contributed by atoms with E-state index in [-0.39, 0.29) is 47.4 Å². The maximum absolute atomic E-state index is 12.8. The predicted molar refractivity (Wildman–Crippen MR) is 115 cm³/mol. The molecule has 0 aliphatic carbocycles. The van der Waals surface area contributed by atoms with E-state index in [9.17, 15) is 19.6 Å². The molecule has 160 valence electrons. The summed E-state index contributed by atoms with van der Waals surface area (Å²) in [6.07, 6.45) is 2.46. The van der Waals surface area contributed by atoms with Crippen molar-refractivity contribution in [2.45, 2.75) is 33.1 Å². The van der Waals surface area contributed by atoms with Gasteiger partial charge in [0.1, 0.15) is 17.4 Å². The molecular formula is C23H24N4O4. The number of nitrogens with zero attached hydrogens (tertiary/aromatic N) is 3. The fourth-order valence-corrected chi connectivity index (χ4v) is 4.33. The second kappa shape index (κ2) is 8.26. The number of benzene rings is 1. The highest BCUT2D eigenvalue weighted by atomic mass is 16.4. The van der Waals surface area contributed by atoms with Crippen LogP contribution in [0, 0.1) is 24.2 Å². The molecule has 2 amide bonds. The Hall–Kier alpha value is -3.60. The van der Waals surface area contributed by atoms with Crippen LogP contribution in [0.5, 0.6) is 0 Å². The Balaban J connectivity index is 1.46. The Morgan fingerprint density at radius 2 is 1.81 bits per heavy atom. The lowest BCUT2D eigenvalue weighted by Gasteiger charge is -2.20. The summed E-state index contributed by atoms with van der Waals surface area (Å²) in [6, 6.07) is 9.76. The number of hydrogen-bond donors (Lipinski definition) is 1. The minimum Gasteiger partial charge on any atom is -0.443 e. The maximum Gasteiger partial charge on any atom is 0.232 e. The molecule has 1 atom stereocenters. The van der Waals surface area contributed by atoms with E-state index in [0.717, 1.165) is 24.5 Å². The predicted octanol–water partition coefficient (Wildman–Crippen LogP) is 3.25. The minimum absolute atomic E-state index is 0.0111. The molecule has 4 rings (SSSR count). The van der Waals surface area contributed by atoms with Crippen molar-refractivity contribution in [2.75, 3.05) is 34.8 Å². The second-order valence-corrected chi connectivity index (χ2v) is 8.01. The maximum atomic E-state index is 12.8. The Bertz CT molecular complexity index is 1070. The smallest absolute Gasteiger partial charge is 0.232 e. The van der Waals surface area contributed by atoms with Gasteiger partial charge in [-0.25, -0.2) is 0 Å². The standard InChI is InChI=1S/C23H24N4O4/c1-14(28)21-15(2)31-23(19(21)12-24)25-22(30)16-11-20(29)27(13-16)18-7-5-17(6-8-18)26-9-3-4-10-26/h5-8,16H,3-4,9-11,13H2,1-2H3,(H,25,30). The van der Waals surface area contributed by atoms with Crippen molar-refractivity contribution in [3.05, 3.63) is 41.2 Å².